The molecule has 5 heteroatoms. The van der Waals surface area contributed by atoms with Crippen LogP contribution in [0.5, 0.6) is 0 Å². The molecule has 102 valence electrons. The largest absolute Gasteiger partial charge is 0.369 e. The number of anilines is 1. The fraction of sp³-hybridized carbons (Fsp3) is 0.133. The number of aromatic nitrogens is 2. The van der Waals surface area contributed by atoms with E-state index >= 15 is 0 Å². The van der Waals surface area contributed by atoms with Gasteiger partial charge in [-0.25, -0.2) is 13.8 Å². The number of halogens is 2. The highest BCUT2D eigenvalue weighted by Crippen LogP contribution is 2.23. The molecule has 1 heterocycles. The van der Waals surface area contributed by atoms with Crippen LogP contribution >= 0.6 is 0 Å². The molecule has 3 aromatic rings. The Morgan fingerprint density at radius 2 is 2.00 bits per heavy atom. The molecule has 0 radical (unpaired) electrons. The summed E-state index contributed by atoms with van der Waals surface area (Å²) in [5, 5.41) is 0. The average molecular weight is 273 g/mol. The van der Waals surface area contributed by atoms with Crippen LogP contribution in [0.4, 0.5) is 14.7 Å². The van der Waals surface area contributed by atoms with Gasteiger partial charge in [0.1, 0.15) is 11.6 Å². The van der Waals surface area contributed by atoms with Gasteiger partial charge in [0, 0.05) is 11.6 Å². The minimum atomic E-state index is -0.592. The molecule has 0 aliphatic rings. The highest BCUT2D eigenvalue weighted by Gasteiger charge is 2.12. The lowest BCUT2D eigenvalue weighted by Gasteiger charge is -2.09. The van der Waals surface area contributed by atoms with E-state index in [1.807, 2.05) is 25.1 Å². The standard InChI is InChI=1S/C15H13F2N3/c1-9-3-2-4-13-14(9)20(15(18)19-13)8-10-5-6-11(16)7-12(10)17/h2-7H,8H2,1H3,(H2,18,19). The number of rotatable bonds is 2. The number of nitrogens with two attached hydrogens (primary N) is 1. The number of aryl methyl sites for hydroxylation is 1. The smallest absolute Gasteiger partial charge is 0.201 e. The van der Waals surface area contributed by atoms with E-state index in [2.05, 4.69) is 4.98 Å². The summed E-state index contributed by atoms with van der Waals surface area (Å²) in [5.41, 5.74) is 8.93. The van der Waals surface area contributed by atoms with E-state index < -0.39 is 11.6 Å². The number of benzene rings is 2. The maximum Gasteiger partial charge on any atom is 0.201 e. The van der Waals surface area contributed by atoms with E-state index in [0.717, 1.165) is 22.7 Å². The molecule has 0 bridgehead atoms. The van der Waals surface area contributed by atoms with Crippen LogP contribution in [0.3, 0.4) is 0 Å². The molecule has 0 aliphatic carbocycles. The van der Waals surface area contributed by atoms with Gasteiger partial charge >= 0.3 is 0 Å². The first kappa shape index (κ1) is 12.6. The van der Waals surface area contributed by atoms with E-state index in [0.29, 0.717) is 11.5 Å². The van der Waals surface area contributed by atoms with Gasteiger partial charge < -0.3 is 10.3 Å². The van der Waals surface area contributed by atoms with Gasteiger partial charge in [0.2, 0.25) is 5.95 Å². The number of para-hydroxylation sites is 1. The second kappa shape index (κ2) is 4.59. The number of hydrogen-bond acceptors (Lipinski definition) is 2. The van der Waals surface area contributed by atoms with Crippen LogP contribution in [0.1, 0.15) is 11.1 Å². The molecule has 0 saturated carbocycles. The molecular weight excluding hydrogens is 260 g/mol. The Kier molecular flexibility index (Phi) is 2.89. The molecule has 0 aliphatic heterocycles. The molecule has 0 saturated heterocycles. The molecule has 3 nitrogen and oxygen atoms in total. The predicted molar refractivity (Wildman–Crippen MR) is 74.3 cm³/mol. The van der Waals surface area contributed by atoms with Crippen molar-refractivity contribution >= 4 is 17.0 Å². The summed E-state index contributed by atoms with van der Waals surface area (Å²) >= 11 is 0. The average Bonchev–Trinajstić information content (AvgIpc) is 2.70. The van der Waals surface area contributed by atoms with Gasteiger partial charge in [0.05, 0.1) is 17.6 Å². The number of hydrogen-bond donors (Lipinski definition) is 1. The molecule has 0 amide bonds. The Morgan fingerprint density at radius 3 is 2.75 bits per heavy atom. The molecule has 0 spiro atoms. The summed E-state index contributed by atoms with van der Waals surface area (Å²) in [6, 6.07) is 9.23. The summed E-state index contributed by atoms with van der Waals surface area (Å²) in [6.07, 6.45) is 0. The highest BCUT2D eigenvalue weighted by atomic mass is 19.1. The monoisotopic (exact) mass is 273 g/mol. The Bertz CT molecular complexity index is 793. The van der Waals surface area contributed by atoms with Crippen molar-refractivity contribution in [1.29, 1.82) is 0 Å². The zero-order valence-corrected chi connectivity index (χ0v) is 10.9. The van der Waals surface area contributed by atoms with Crippen molar-refractivity contribution in [2.24, 2.45) is 0 Å². The summed E-state index contributed by atoms with van der Waals surface area (Å²) in [4.78, 5) is 4.26. The molecule has 0 fully saturated rings. The van der Waals surface area contributed by atoms with Gasteiger partial charge in [-0.3, -0.25) is 0 Å². The van der Waals surface area contributed by atoms with Gasteiger partial charge in [0.15, 0.2) is 0 Å². The van der Waals surface area contributed by atoms with Crippen molar-refractivity contribution < 1.29 is 8.78 Å². The van der Waals surface area contributed by atoms with E-state index in [1.54, 1.807) is 4.57 Å². The van der Waals surface area contributed by atoms with E-state index in [-0.39, 0.29) is 6.54 Å². The van der Waals surface area contributed by atoms with Crippen LogP contribution in [0.2, 0.25) is 0 Å². The van der Waals surface area contributed by atoms with Gasteiger partial charge in [-0.2, -0.15) is 0 Å². The van der Waals surface area contributed by atoms with Crippen LogP contribution < -0.4 is 5.73 Å². The first-order valence-corrected chi connectivity index (χ1v) is 6.21. The SMILES string of the molecule is Cc1cccc2nc(N)n(Cc3ccc(F)cc3F)c12. The molecule has 3 rings (SSSR count). The number of imidazole rings is 1. The summed E-state index contributed by atoms with van der Waals surface area (Å²) in [5.74, 6) is -0.858. The van der Waals surface area contributed by atoms with Crippen LogP contribution in [-0.2, 0) is 6.54 Å². The topological polar surface area (TPSA) is 43.8 Å². The van der Waals surface area contributed by atoms with Crippen LogP contribution in [0.15, 0.2) is 36.4 Å². The maximum absolute atomic E-state index is 13.8. The Balaban J connectivity index is 2.13. The second-order valence-corrected chi connectivity index (χ2v) is 4.73. The Labute approximate surface area is 114 Å². The molecule has 1 aromatic heterocycles. The summed E-state index contributed by atoms with van der Waals surface area (Å²) in [6.45, 7) is 2.17. The number of nitrogen functional groups attached to an aromatic ring is 1. The van der Waals surface area contributed by atoms with E-state index in [1.165, 1.54) is 12.1 Å². The lowest BCUT2D eigenvalue weighted by Crippen LogP contribution is -2.07. The molecule has 2 aromatic carbocycles. The molecule has 0 atom stereocenters. The second-order valence-electron chi connectivity index (χ2n) is 4.73. The minimum Gasteiger partial charge on any atom is -0.369 e. The third kappa shape index (κ3) is 2.01. The van der Waals surface area contributed by atoms with Crippen molar-refractivity contribution in [3.8, 4) is 0 Å². The lowest BCUT2D eigenvalue weighted by molar-refractivity contribution is 0.568. The number of nitrogens with zero attached hydrogens (tertiary/aromatic N) is 2. The molecule has 20 heavy (non-hydrogen) atoms. The molecule has 0 unspecified atom stereocenters. The van der Waals surface area contributed by atoms with Crippen LogP contribution in [0, 0.1) is 18.6 Å². The zero-order chi connectivity index (χ0) is 14.3. The predicted octanol–water partition coefficient (Wildman–Crippen LogP) is 3.25. The third-order valence-electron chi connectivity index (χ3n) is 3.34. The van der Waals surface area contributed by atoms with Crippen molar-refractivity contribution in [1.82, 2.24) is 9.55 Å². The minimum absolute atomic E-state index is 0.222. The van der Waals surface area contributed by atoms with Crippen molar-refractivity contribution in [2.45, 2.75) is 13.5 Å². The number of fused-ring (bicyclic) bond motifs is 1. The van der Waals surface area contributed by atoms with Crippen molar-refractivity contribution in [3.63, 3.8) is 0 Å². The van der Waals surface area contributed by atoms with Crippen LogP contribution in [-0.4, -0.2) is 9.55 Å². The lowest BCUT2D eigenvalue weighted by atomic mass is 10.1. The summed E-state index contributed by atoms with van der Waals surface area (Å²) in [7, 11) is 0. The van der Waals surface area contributed by atoms with Gasteiger partial charge in [0.25, 0.3) is 0 Å². The Morgan fingerprint density at radius 1 is 1.20 bits per heavy atom. The Hall–Kier alpha value is -2.43. The van der Waals surface area contributed by atoms with E-state index in [4.69, 9.17) is 5.73 Å². The fourth-order valence-electron chi connectivity index (χ4n) is 2.36. The highest BCUT2D eigenvalue weighted by molar-refractivity contribution is 5.81. The normalized spacial score (nSPS) is 11.2. The fourth-order valence-corrected chi connectivity index (χ4v) is 2.36. The molecule has 2 N–H and O–H groups in total. The van der Waals surface area contributed by atoms with Gasteiger partial charge in [-0.1, -0.05) is 18.2 Å². The van der Waals surface area contributed by atoms with E-state index in [9.17, 15) is 8.78 Å². The maximum atomic E-state index is 13.8. The third-order valence-corrected chi connectivity index (χ3v) is 3.34. The zero-order valence-electron chi connectivity index (χ0n) is 10.9. The molecular formula is C15H13F2N3. The summed E-state index contributed by atoms with van der Waals surface area (Å²) < 4.78 is 28.4. The first-order chi connectivity index (χ1) is 9.56. The van der Waals surface area contributed by atoms with Gasteiger partial charge in [-0.15, -0.1) is 0 Å². The van der Waals surface area contributed by atoms with Crippen molar-refractivity contribution in [3.05, 3.63) is 59.2 Å². The van der Waals surface area contributed by atoms with Gasteiger partial charge in [-0.05, 0) is 24.6 Å². The first-order valence-electron chi connectivity index (χ1n) is 6.21. The quantitative estimate of drug-likeness (QED) is 0.779. The van der Waals surface area contributed by atoms with Crippen molar-refractivity contribution in [2.75, 3.05) is 5.73 Å². The van der Waals surface area contributed by atoms with Crippen LogP contribution in [0.25, 0.3) is 11.0 Å².